The molecule has 2 aliphatic rings. The minimum Gasteiger partial charge on any atom is -0.493 e. The van der Waals surface area contributed by atoms with E-state index in [0.29, 0.717) is 15.8 Å². The van der Waals surface area contributed by atoms with Crippen LogP contribution in [0.15, 0.2) is 59.6 Å². The second kappa shape index (κ2) is 11.0. The van der Waals surface area contributed by atoms with Crippen LogP contribution >= 0.6 is 24.0 Å². The number of unbranched alkanes of at least 4 members (excludes halogenated alkanes) is 1. The fraction of sp³-hybridized carbons (Fsp3) is 0.345. The summed E-state index contributed by atoms with van der Waals surface area (Å²) >= 11 is 7.02. The Bertz CT molecular complexity index is 1290. The van der Waals surface area contributed by atoms with Crippen molar-refractivity contribution >= 4 is 40.3 Å². The van der Waals surface area contributed by atoms with Crippen LogP contribution in [0.1, 0.15) is 56.6 Å². The SMILES string of the molecule is CCCCOc1ccc(-c2nn(-c3ccccc3)cc2C=C2SC(=S)N(C3CCCC3)C2=O)cc1C. The average molecular weight is 518 g/mol. The van der Waals surface area contributed by atoms with Gasteiger partial charge < -0.3 is 4.74 Å². The van der Waals surface area contributed by atoms with E-state index in [1.165, 1.54) is 11.8 Å². The van der Waals surface area contributed by atoms with Crippen LogP contribution in [0.25, 0.3) is 23.0 Å². The van der Waals surface area contributed by atoms with Crippen molar-refractivity contribution < 1.29 is 9.53 Å². The third kappa shape index (κ3) is 5.13. The molecular formula is C29H31N3O2S2. The smallest absolute Gasteiger partial charge is 0.266 e. The average Bonchev–Trinajstić information content (AvgIpc) is 3.61. The Morgan fingerprint density at radius 3 is 2.67 bits per heavy atom. The summed E-state index contributed by atoms with van der Waals surface area (Å²) in [4.78, 5) is 15.9. The van der Waals surface area contributed by atoms with Crippen LogP contribution in [0, 0.1) is 6.92 Å². The number of para-hydroxylation sites is 1. The Labute approximate surface area is 222 Å². The molecule has 2 heterocycles. The molecule has 1 saturated heterocycles. The van der Waals surface area contributed by atoms with Crippen LogP contribution in [0.3, 0.4) is 0 Å². The standard InChI is InChI=1S/C29H31N3O2S2/c1-3-4-16-34-25-15-14-21(17-20(25)2)27-22(19-31(30-27)23-10-6-5-7-11-23)18-26-28(33)32(29(35)36-26)24-12-8-9-13-24/h5-7,10-11,14-15,17-19,24H,3-4,8-9,12-13,16H2,1-2H3. The number of carbonyl (C=O) groups is 1. The van der Waals surface area contributed by atoms with Crippen molar-refractivity contribution in [2.24, 2.45) is 0 Å². The van der Waals surface area contributed by atoms with Gasteiger partial charge in [-0.15, -0.1) is 0 Å². The zero-order valence-electron chi connectivity index (χ0n) is 20.8. The molecule has 0 atom stereocenters. The van der Waals surface area contributed by atoms with Gasteiger partial charge in [-0.3, -0.25) is 9.69 Å². The van der Waals surface area contributed by atoms with Crippen molar-refractivity contribution in [2.75, 3.05) is 6.61 Å². The van der Waals surface area contributed by atoms with E-state index in [1.807, 2.05) is 64.3 Å². The van der Waals surface area contributed by atoms with E-state index < -0.39 is 0 Å². The zero-order chi connectivity index (χ0) is 25.1. The third-order valence-electron chi connectivity index (χ3n) is 6.77. The molecule has 0 spiro atoms. The van der Waals surface area contributed by atoms with E-state index in [9.17, 15) is 4.79 Å². The molecule has 3 aromatic rings. The Balaban J connectivity index is 1.51. The number of rotatable bonds is 8. The monoisotopic (exact) mass is 517 g/mol. The van der Waals surface area contributed by atoms with E-state index in [2.05, 4.69) is 19.9 Å². The molecule has 186 valence electrons. The highest BCUT2D eigenvalue weighted by molar-refractivity contribution is 8.26. The number of benzene rings is 2. The number of hydrogen-bond donors (Lipinski definition) is 0. The van der Waals surface area contributed by atoms with Gasteiger partial charge in [0.1, 0.15) is 15.8 Å². The van der Waals surface area contributed by atoms with E-state index in [-0.39, 0.29) is 11.9 Å². The number of ether oxygens (including phenoxy) is 1. The van der Waals surface area contributed by atoms with Crippen molar-refractivity contribution in [3.8, 4) is 22.7 Å². The minimum atomic E-state index is 0.0196. The summed E-state index contributed by atoms with van der Waals surface area (Å²) < 4.78 is 8.50. The van der Waals surface area contributed by atoms with Gasteiger partial charge in [0.05, 0.1) is 17.2 Å². The molecule has 1 saturated carbocycles. The number of carbonyl (C=O) groups excluding carboxylic acids is 1. The molecule has 0 N–H and O–H groups in total. The van der Waals surface area contributed by atoms with Crippen LogP contribution in [-0.2, 0) is 4.79 Å². The summed E-state index contributed by atoms with van der Waals surface area (Å²) in [6.45, 7) is 4.93. The zero-order valence-corrected chi connectivity index (χ0v) is 22.4. The summed E-state index contributed by atoms with van der Waals surface area (Å²) in [6.07, 6.45) is 10.5. The molecule has 0 radical (unpaired) electrons. The first-order valence-electron chi connectivity index (χ1n) is 12.7. The van der Waals surface area contributed by atoms with Gasteiger partial charge in [0.25, 0.3) is 5.91 Å². The summed E-state index contributed by atoms with van der Waals surface area (Å²) in [5.74, 6) is 0.917. The molecule has 0 unspecified atom stereocenters. The van der Waals surface area contributed by atoms with E-state index in [1.54, 1.807) is 0 Å². The first-order valence-corrected chi connectivity index (χ1v) is 13.9. The van der Waals surface area contributed by atoms with Gasteiger partial charge in [0.2, 0.25) is 0 Å². The van der Waals surface area contributed by atoms with Gasteiger partial charge >= 0.3 is 0 Å². The summed E-state index contributed by atoms with van der Waals surface area (Å²) in [7, 11) is 0. The molecule has 7 heteroatoms. The number of nitrogens with zero attached hydrogens (tertiary/aromatic N) is 3. The van der Waals surface area contributed by atoms with Gasteiger partial charge in [0.15, 0.2) is 0 Å². The largest absolute Gasteiger partial charge is 0.493 e. The molecule has 1 aliphatic heterocycles. The van der Waals surface area contributed by atoms with Crippen molar-refractivity contribution in [3.63, 3.8) is 0 Å². The topological polar surface area (TPSA) is 47.4 Å². The summed E-state index contributed by atoms with van der Waals surface area (Å²) in [6, 6.07) is 16.4. The van der Waals surface area contributed by atoms with Crippen LogP contribution in [0.2, 0.25) is 0 Å². The molecule has 5 nitrogen and oxygen atoms in total. The number of aromatic nitrogens is 2. The molecular weight excluding hydrogens is 486 g/mol. The van der Waals surface area contributed by atoms with Gasteiger partial charge in [0, 0.05) is 23.4 Å². The fourth-order valence-electron chi connectivity index (χ4n) is 4.81. The molecule has 2 fully saturated rings. The van der Waals surface area contributed by atoms with Crippen molar-refractivity contribution in [2.45, 2.75) is 58.4 Å². The van der Waals surface area contributed by atoms with Crippen LogP contribution in [-0.4, -0.2) is 37.6 Å². The predicted octanol–water partition coefficient (Wildman–Crippen LogP) is 7.17. The van der Waals surface area contributed by atoms with Crippen LogP contribution in [0.4, 0.5) is 0 Å². The Hall–Kier alpha value is -2.90. The molecule has 36 heavy (non-hydrogen) atoms. The van der Waals surface area contributed by atoms with Crippen molar-refractivity contribution in [3.05, 3.63) is 70.8 Å². The minimum absolute atomic E-state index is 0.0196. The number of thiocarbonyl (C=S) groups is 1. The molecule has 5 rings (SSSR count). The maximum Gasteiger partial charge on any atom is 0.266 e. The van der Waals surface area contributed by atoms with Gasteiger partial charge in [-0.2, -0.15) is 5.10 Å². The molecule has 2 aromatic carbocycles. The number of thioether (sulfide) groups is 1. The van der Waals surface area contributed by atoms with E-state index >= 15 is 0 Å². The highest BCUT2D eigenvalue weighted by Crippen LogP contribution is 2.39. The number of amides is 1. The lowest BCUT2D eigenvalue weighted by molar-refractivity contribution is -0.123. The first-order chi connectivity index (χ1) is 17.5. The third-order valence-corrected chi connectivity index (χ3v) is 8.10. The van der Waals surface area contributed by atoms with Crippen molar-refractivity contribution in [1.82, 2.24) is 14.7 Å². The van der Waals surface area contributed by atoms with E-state index in [4.69, 9.17) is 22.1 Å². The Morgan fingerprint density at radius 2 is 1.94 bits per heavy atom. The lowest BCUT2D eigenvalue weighted by Crippen LogP contribution is -2.36. The molecule has 1 amide bonds. The van der Waals surface area contributed by atoms with Crippen molar-refractivity contribution in [1.29, 1.82) is 0 Å². The van der Waals surface area contributed by atoms with E-state index in [0.717, 1.165) is 72.3 Å². The maximum absolute atomic E-state index is 13.4. The summed E-state index contributed by atoms with van der Waals surface area (Å²) in [5.41, 5.74) is 4.74. The van der Waals surface area contributed by atoms with Crippen LogP contribution in [0.5, 0.6) is 5.75 Å². The lowest BCUT2D eigenvalue weighted by atomic mass is 10.0. The highest BCUT2D eigenvalue weighted by Gasteiger charge is 2.38. The fourth-order valence-corrected chi connectivity index (χ4v) is 6.21. The predicted molar refractivity (Wildman–Crippen MR) is 151 cm³/mol. The maximum atomic E-state index is 13.4. The van der Waals surface area contributed by atoms with Gasteiger partial charge in [-0.05, 0) is 68.2 Å². The Kier molecular flexibility index (Phi) is 7.58. The highest BCUT2D eigenvalue weighted by atomic mass is 32.2. The normalized spacial score (nSPS) is 17.5. The summed E-state index contributed by atoms with van der Waals surface area (Å²) in [5, 5.41) is 4.94. The first kappa shape index (κ1) is 24.8. The Morgan fingerprint density at radius 1 is 1.17 bits per heavy atom. The van der Waals surface area contributed by atoms with Gasteiger partial charge in [-0.25, -0.2) is 4.68 Å². The molecule has 1 aromatic heterocycles. The quantitative estimate of drug-likeness (QED) is 0.180. The van der Waals surface area contributed by atoms with Gasteiger partial charge in [-0.1, -0.05) is 68.4 Å². The number of aryl methyl sites for hydroxylation is 1. The lowest BCUT2D eigenvalue weighted by Gasteiger charge is -2.21. The van der Waals surface area contributed by atoms with Crippen LogP contribution < -0.4 is 4.74 Å². The second-order valence-corrected chi connectivity index (χ2v) is 11.1. The number of hydrogen-bond acceptors (Lipinski definition) is 5. The second-order valence-electron chi connectivity index (χ2n) is 9.39. The molecule has 1 aliphatic carbocycles. The molecule has 0 bridgehead atoms.